The highest BCUT2D eigenvalue weighted by Crippen LogP contribution is 2.68. The van der Waals surface area contributed by atoms with Gasteiger partial charge in [-0.1, -0.05) is 90.0 Å². The molecule has 18 heteroatoms. The molecule has 3 rings (SSSR count). The van der Waals surface area contributed by atoms with Crippen molar-refractivity contribution >= 4 is 41.9 Å². The first-order valence-corrected chi connectivity index (χ1v) is 30.4. The number of nitrogens with one attached hydrogen (secondary N) is 1. The molecular formula is C61H100F2N2O14. The summed E-state index contributed by atoms with van der Waals surface area (Å²) < 4.78 is 68.2. The Labute approximate surface area is 471 Å². The molecule has 16 nitrogen and oxygen atoms in total. The molecule has 0 aromatic rings. The molecule has 0 aromatic heterocycles. The number of ether oxygens (including phenoxy) is 7. The monoisotopic (exact) mass is 1120 g/mol. The van der Waals surface area contributed by atoms with Gasteiger partial charge in [-0.25, -0.2) is 13.6 Å². The van der Waals surface area contributed by atoms with E-state index in [-0.39, 0.29) is 95.8 Å². The largest absolute Gasteiger partial charge is 0.465 e. The van der Waals surface area contributed by atoms with Crippen LogP contribution in [0, 0.1) is 16.7 Å². The van der Waals surface area contributed by atoms with E-state index in [0.717, 1.165) is 90.1 Å². The fourth-order valence-electron chi connectivity index (χ4n) is 9.89. The number of allylic oxidation sites excluding steroid dienone is 2. The number of carbonyl (C=O) groups is 7. The number of alkyl carbamates (subject to hydrolysis) is 1. The SMILES string of the molecule is CCCCC/C=C\CCOC(=O)CCCCC(=O)OCC(COC(=O)CCCCC(=O)OCC/C=C\CCCCC)(COC(=O)CCC(CCCCCC)OC(=O)NCCN1CCCC1)COC(=O)C1CCC2(CC1)CC2(F)F. The van der Waals surface area contributed by atoms with Crippen LogP contribution in [0.5, 0.6) is 0 Å². The van der Waals surface area contributed by atoms with Crippen LogP contribution < -0.4 is 5.32 Å². The second-order valence-electron chi connectivity index (χ2n) is 22.3. The first-order valence-electron chi connectivity index (χ1n) is 30.4. The molecule has 1 amide bonds. The molecule has 1 aliphatic heterocycles. The Hall–Kier alpha value is -4.61. The number of hydrogen-bond donors (Lipinski definition) is 1. The van der Waals surface area contributed by atoms with E-state index in [1.165, 1.54) is 12.8 Å². The summed E-state index contributed by atoms with van der Waals surface area (Å²) in [5.74, 6) is -6.83. The van der Waals surface area contributed by atoms with Crippen LogP contribution in [-0.4, -0.2) is 125 Å². The smallest absolute Gasteiger partial charge is 0.407 e. The molecule has 79 heavy (non-hydrogen) atoms. The normalized spacial score (nSPS) is 18.3. The van der Waals surface area contributed by atoms with Gasteiger partial charge in [-0.2, -0.15) is 0 Å². The molecule has 0 radical (unpaired) electrons. The van der Waals surface area contributed by atoms with E-state index in [4.69, 9.17) is 33.2 Å². The third-order valence-corrected chi connectivity index (χ3v) is 15.2. The lowest BCUT2D eigenvalue weighted by Gasteiger charge is -2.33. The van der Waals surface area contributed by atoms with E-state index in [0.29, 0.717) is 58.0 Å². The summed E-state index contributed by atoms with van der Waals surface area (Å²) in [4.78, 5) is 94.0. The van der Waals surface area contributed by atoms with Gasteiger partial charge in [0.05, 0.1) is 19.1 Å². The summed E-state index contributed by atoms with van der Waals surface area (Å²) in [5.41, 5.74) is -2.69. The van der Waals surface area contributed by atoms with E-state index in [9.17, 15) is 42.3 Å². The van der Waals surface area contributed by atoms with Crippen molar-refractivity contribution in [3.05, 3.63) is 24.3 Å². The predicted molar refractivity (Wildman–Crippen MR) is 297 cm³/mol. The van der Waals surface area contributed by atoms with Gasteiger partial charge in [0.2, 0.25) is 0 Å². The Morgan fingerprint density at radius 3 is 1.48 bits per heavy atom. The van der Waals surface area contributed by atoms with Crippen LogP contribution in [0.25, 0.3) is 0 Å². The van der Waals surface area contributed by atoms with E-state index in [2.05, 4.69) is 43.1 Å². The Morgan fingerprint density at radius 2 is 1.00 bits per heavy atom. The van der Waals surface area contributed by atoms with Crippen LogP contribution in [-0.2, 0) is 61.9 Å². The minimum absolute atomic E-state index is 0.0820. The lowest BCUT2D eigenvalue weighted by molar-refractivity contribution is -0.173. The Bertz CT molecular complexity index is 1770. The molecule has 1 saturated heterocycles. The van der Waals surface area contributed by atoms with Crippen molar-refractivity contribution in [2.75, 3.05) is 65.8 Å². The molecule has 1 spiro atoms. The molecule has 452 valence electrons. The third kappa shape index (κ3) is 30.7. The molecule has 3 fully saturated rings. The molecule has 1 unspecified atom stereocenters. The van der Waals surface area contributed by atoms with Gasteiger partial charge in [0, 0.05) is 57.0 Å². The second kappa shape index (κ2) is 40.5. The van der Waals surface area contributed by atoms with Gasteiger partial charge < -0.3 is 43.4 Å². The van der Waals surface area contributed by atoms with Gasteiger partial charge in [-0.15, -0.1) is 0 Å². The number of alkyl halides is 2. The van der Waals surface area contributed by atoms with E-state index in [1.54, 1.807) is 0 Å². The predicted octanol–water partition coefficient (Wildman–Crippen LogP) is 12.6. The number of esters is 6. The highest BCUT2D eigenvalue weighted by atomic mass is 19.3. The van der Waals surface area contributed by atoms with Crippen molar-refractivity contribution in [2.45, 2.75) is 238 Å². The van der Waals surface area contributed by atoms with E-state index < -0.39 is 85.2 Å². The topological polar surface area (TPSA) is 199 Å². The molecule has 1 N–H and O–H groups in total. The van der Waals surface area contributed by atoms with Crippen LogP contribution in [0.4, 0.5) is 13.6 Å². The Kier molecular flexibility index (Phi) is 35.2. The van der Waals surface area contributed by atoms with Gasteiger partial charge in [-0.05, 0) is 135 Å². The zero-order chi connectivity index (χ0) is 57.5. The van der Waals surface area contributed by atoms with E-state index in [1.807, 2.05) is 12.2 Å². The maximum Gasteiger partial charge on any atom is 0.407 e. The maximum atomic E-state index is 14.3. The number of amides is 1. The number of hydrogen-bond acceptors (Lipinski definition) is 15. The van der Waals surface area contributed by atoms with Crippen LogP contribution in [0.2, 0.25) is 0 Å². The lowest BCUT2D eigenvalue weighted by Crippen LogP contribution is -2.44. The molecule has 1 atom stereocenters. The summed E-state index contributed by atoms with van der Waals surface area (Å²) in [6.45, 7) is 8.02. The Morgan fingerprint density at radius 1 is 0.557 bits per heavy atom. The van der Waals surface area contributed by atoms with Crippen molar-refractivity contribution in [2.24, 2.45) is 16.7 Å². The van der Waals surface area contributed by atoms with Crippen molar-refractivity contribution in [1.29, 1.82) is 0 Å². The first kappa shape index (κ1) is 68.7. The maximum absolute atomic E-state index is 14.3. The van der Waals surface area contributed by atoms with Gasteiger partial charge in [-0.3, -0.25) is 28.8 Å². The van der Waals surface area contributed by atoms with Gasteiger partial charge >= 0.3 is 41.9 Å². The number of unbranched alkanes of at least 4 members (excludes halogenated alkanes) is 11. The summed E-state index contributed by atoms with van der Waals surface area (Å²) in [6, 6.07) is 0. The third-order valence-electron chi connectivity index (χ3n) is 15.2. The number of nitrogens with zero attached hydrogens (tertiary/aromatic N) is 1. The minimum atomic E-state index is -2.75. The number of likely N-dealkylation sites (tertiary alicyclic amines) is 1. The first-order chi connectivity index (χ1) is 38.1. The molecule has 0 aromatic carbocycles. The fraction of sp³-hybridized carbons (Fsp3) is 0.820. The van der Waals surface area contributed by atoms with Crippen molar-refractivity contribution in [1.82, 2.24) is 10.2 Å². The standard InChI is InChI=1S/C61H100F2N2O14/c1-4-7-10-13-15-17-26-43-73-52(66)29-20-22-31-54(68)75-46-59(49-78-57(71)50-35-37-60(38-36-50)45-61(60,62)63,47-76-55(69)32-23-21-30-53(67)74-44-27-18-16-14-11-8-5-2)48-77-56(70)34-33-51(28-19-12-9-6-3)79-58(72)64-39-42-65-40-24-25-41-65/h15-18,50-51H,4-14,19-49H2,1-3H3,(H,64,72)/b17-15-,18-16-. The number of halogens is 2. The van der Waals surface area contributed by atoms with Crippen molar-refractivity contribution in [3.8, 4) is 0 Å². The zero-order valence-corrected chi connectivity index (χ0v) is 48.6. The molecule has 2 saturated carbocycles. The lowest BCUT2D eigenvalue weighted by atomic mass is 9.79. The average molecular weight is 1120 g/mol. The quantitative estimate of drug-likeness (QED) is 0.0261. The van der Waals surface area contributed by atoms with Crippen LogP contribution >= 0.6 is 0 Å². The number of carbonyl (C=O) groups excluding carboxylic acids is 7. The van der Waals surface area contributed by atoms with Crippen LogP contribution in [0.15, 0.2) is 24.3 Å². The van der Waals surface area contributed by atoms with Crippen LogP contribution in [0.1, 0.15) is 226 Å². The van der Waals surface area contributed by atoms with Gasteiger partial charge in [0.1, 0.15) is 37.9 Å². The van der Waals surface area contributed by atoms with Crippen LogP contribution in [0.3, 0.4) is 0 Å². The number of rotatable bonds is 45. The molecular weight excluding hydrogens is 1020 g/mol. The summed E-state index contributed by atoms with van der Waals surface area (Å²) >= 11 is 0. The van der Waals surface area contributed by atoms with Gasteiger partial charge in [0.25, 0.3) is 5.92 Å². The minimum Gasteiger partial charge on any atom is -0.465 e. The molecule has 0 bridgehead atoms. The average Bonchev–Trinajstić information content (AvgIpc) is 3.97. The molecule has 1 heterocycles. The summed E-state index contributed by atoms with van der Waals surface area (Å²) in [5, 5.41) is 2.83. The highest BCUT2D eigenvalue weighted by molar-refractivity contribution is 5.73. The fourth-order valence-corrected chi connectivity index (χ4v) is 9.89. The molecule has 3 aliphatic rings. The molecule has 2 aliphatic carbocycles. The van der Waals surface area contributed by atoms with Gasteiger partial charge in [0.15, 0.2) is 0 Å². The van der Waals surface area contributed by atoms with Crippen molar-refractivity contribution < 1.29 is 75.5 Å². The summed E-state index contributed by atoms with van der Waals surface area (Å²) in [7, 11) is 0. The van der Waals surface area contributed by atoms with Crippen molar-refractivity contribution in [3.63, 3.8) is 0 Å². The summed E-state index contributed by atoms with van der Waals surface area (Å²) in [6.07, 6.45) is 25.6. The second-order valence-corrected chi connectivity index (χ2v) is 22.3. The van der Waals surface area contributed by atoms with E-state index >= 15 is 0 Å². The Balaban J connectivity index is 1.68. The zero-order valence-electron chi connectivity index (χ0n) is 48.6. The highest BCUT2D eigenvalue weighted by Gasteiger charge is 2.70.